The lowest BCUT2D eigenvalue weighted by Gasteiger charge is -2.35. The molecule has 1 aromatic carbocycles. The molecule has 2 nitrogen and oxygen atoms in total. The molecule has 1 fully saturated rings. The van der Waals surface area contributed by atoms with Gasteiger partial charge in [0, 0.05) is 37.2 Å². The monoisotopic (exact) mass is 342 g/mol. The molecule has 1 aliphatic rings. The van der Waals surface area contributed by atoms with Crippen molar-refractivity contribution in [2.24, 2.45) is 0 Å². The summed E-state index contributed by atoms with van der Waals surface area (Å²) in [5.41, 5.74) is 1.52. The molecule has 0 unspecified atom stereocenters. The van der Waals surface area contributed by atoms with Crippen molar-refractivity contribution < 1.29 is 13.2 Å². The number of aryl methyl sites for hydroxylation is 1. The molecule has 0 saturated carbocycles. The van der Waals surface area contributed by atoms with Crippen LogP contribution in [0.25, 0.3) is 0 Å². The summed E-state index contributed by atoms with van der Waals surface area (Å²) < 4.78 is 38.6. The van der Waals surface area contributed by atoms with E-state index in [0.717, 1.165) is 5.56 Å². The van der Waals surface area contributed by atoms with Gasteiger partial charge in [0.1, 0.15) is 0 Å². The summed E-state index contributed by atoms with van der Waals surface area (Å²) in [5.74, 6) is 0. The van der Waals surface area contributed by atoms with Gasteiger partial charge in [-0.2, -0.15) is 13.2 Å². The summed E-state index contributed by atoms with van der Waals surface area (Å²) in [6.45, 7) is 4.51. The molecule has 1 aromatic rings. The first-order valence-corrected chi connectivity index (χ1v) is 7.02. The van der Waals surface area contributed by atoms with Crippen LogP contribution in [0.15, 0.2) is 18.2 Å². The number of halogens is 5. The fourth-order valence-corrected chi connectivity index (χ4v) is 2.68. The van der Waals surface area contributed by atoms with Gasteiger partial charge >= 0.3 is 6.18 Å². The summed E-state index contributed by atoms with van der Waals surface area (Å²) in [6, 6.07) is 4.54. The van der Waals surface area contributed by atoms with Crippen LogP contribution < -0.4 is 5.32 Å². The minimum atomic E-state index is -4.19. The first-order valence-electron chi connectivity index (χ1n) is 6.64. The summed E-state index contributed by atoms with van der Waals surface area (Å²) in [5, 5.41) is 3.67. The van der Waals surface area contributed by atoms with Crippen molar-refractivity contribution >= 4 is 24.0 Å². The minimum absolute atomic E-state index is 0. The first-order chi connectivity index (χ1) is 9.37. The predicted molar refractivity (Wildman–Crippen MR) is 81.3 cm³/mol. The van der Waals surface area contributed by atoms with Crippen LogP contribution in [0.1, 0.15) is 23.6 Å². The normalized spacial score (nSPS) is 18.1. The number of hydrogen-bond donors (Lipinski definition) is 1. The lowest BCUT2D eigenvalue weighted by Crippen LogP contribution is -2.46. The SMILES string of the molecule is Cc1ccc([C@H](CC(F)(F)F)N2CCNCC2)cc1Cl.Cl. The van der Waals surface area contributed by atoms with Gasteiger partial charge in [-0.1, -0.05) is 23.7 Å². The molecule has 0 bridgehead atoms. The molecule has 1 saturated heterocycles. The second-order valence-electron chi connectivity index (χ2n) is 5.13. The molecule has 2 rings (SSSR count). The molecule has 21 heavy (non-hydrogen) atoms. The fraction of sp³-hybridized carbons (Fsp3) is 0.571. The third-order valence-corrected chi connectivity index (χ3v) is 4.01. The second kappa shape index (κ2) is 7.68. The van der Waals surface area contributed by atoms with E-state index in [1.165, 1.54) is 0 Å². The molecule has 1 atom stereocenters. The van der Waals surface area contributed by atoms with Gasteiger partial charge in [-0.25, -0.2) is 0 Å². The molecule has 7 heteroatoms. The van der Waals surface area contributed by atoms with Crippen molar-refractivity contribution in [2.45, 2.75) is 25.6 Å². The number of rotatable bonds is 3. The molecule has 0 aromatic heterocycles. The lowest BCUT2D eigenvalue weighted by atomic mass is 9.99. The van der Waals surface area contributed by atoms with Crippen molar-refractivity contribution in [2.75, 3.05) is 26.2 Å². The highest BCUT2D eigenvalue weighted by molar-refractivity contribution is 6.31. The Balaban J connectivity index is 0.00000220. The highest BCUT2D eigenvalue weighted by Gasteiger charge is 2.36. The molecule has 1 heterocycles. The van der Waals surface area contributed by atoms with Crippen LogP contribution in [0.4, 0.5) is 13.2 Å². The van der Waals surface area contributed by atoms with Gasteiger partial charge in [0.2, 0.25) is 0 Å². The molecule has 0 amide bonds. The third kappa shape index (κ3) is 5.33. The minimum Gasteiger partial charge on any atom is -0.314 e. The Kier molecular flexibility index (Phi) is 6.78. The number of hydrogen-bond acceptors (Lipinski definition) is 2. The highest BCUT2D eigenvalue weighted by atomic mass is 35.5. The molecule has 120 valence electrons. The van der Waals surface area contributed by atoms with Gasteiger partial charge in [0.05, 0.1) is 6.42 Å². The van der Waals surface area contributed by atoms with Gasteiger partial charge < -0.3 is 5.32 Å². The van der Waals surface area contributed by atoms with E-state index < -0.39 is 18.6 Å². The maximum atomic E-state index is 12.9. The van der Waals surface area contributed by atoms with Gasteiger partial charge in [-0.05, 0) is 24.1 Å². The number of alkyl halides is 3. The smallest absolute Gasteiger partial charge is 0.314 e. The van der Waals surface area contributed by atoms with E-state index in [2.05, 4.69) is 5.32 Å². The van der Waals surface area contributed by atoms with E-state index in [0.29, 0.717) is 36.8 Å². The predicted octanol–water partition coefficient (Wildman–Crippen LogP) is 3.97. The zero-order valence-corrected chi connectivity index (χ0v) is 13.3. The molecule has 0 radical (unpaired) electrons. The Hall–Kier alpha value is -0.490. The van der Waals surface area contributed by atoms with Crippen molar-refractivity contribution in [1.29, 1.82) is 0 Å². The molecule has 0 spiro atoms. The van der Waals surface area contributed by atoms with Crippen molar-refractivity contribution in [1.82, 2.24) is 10.2 Å². The van der Waals surface area contributed by atoms with Gasteiger partial charge in [-0.15, -0.1) is 12.4 Å². The van der Waals surface area contributed by atoms with E-state index in [1.54, 1.807) is 18.2 Å². The van der Waals surface area contributed by atoms with Gasteiger partial charge in [0.25, 0.3) is 0 Å². The van der Waals surface area contributed by atoms with Gasteiger partial charge in [-0.3, -0.25) is 4.90 Å². The van der Waals surface area contributed by atoms with E-state index in [1.807, 2.05) is 11.8 Å². The highest BCUT2D eigenvalue weighted by Crippen LogP contribution is 2.35. The number of benzene rings is 1. The Bertz CT molecular complexity index is 460. The van der Waals surface area contributed by atoms with Crippen LogP contribution in [-0.4, -0.2) is 37.3 Å². The average Bonchev–Trinajstić information content (AvgIpc) is 2.39. The zero-order chi connectivity index (χ0) is 14.8. The molecule has 0 aliphatic carbocycles. The summed E-state index contributed by atoms with van der Waals surface area (Å²) in [6.07, 6.45) is -5.03. The summed E-state index contributed by atoms with van der Waals surface area (Å²) in [7, 11) is 0. The van der Waals surface area contributed by atoms with Crippen LogP contribution in [0, 0.1) is 6.92 Å². The van der Waals surface area contributed by atoms with Crippen LogP contribution in [0.2, 0.25) is 5.02 Å². The van der Waals surface area contributed by atoms with Crippen LogP contribution in [-0.2, 0) is 0 Å². The zero-order valence-electron chi connectivity index (χ0n) is 11.7. The Labute approximate surface area is 134 Å². The Morgan fingerprint density at radius 3 is 2.43 bits per heavy atom. The number of nitrogens with one attached hydrogen (secondary N) is 1. The topological polar surface area (TPSA) is 15.3 Å². The van der Waals surface area contributed by atoms with Crippen LogP contribution in [0.5, 0.6) is 0 Å². The third-order valence-electron chi connectivity index (χ3n) is 3.60. The fourth-order valence-electron chi connectivity index (χ4n) is 2.49. The number of nitrogens with zero attached hydrogens (tertiary/aromatic N) is 1. The largest absolute Gasteiger partial charge is 0.390 e. The lowest BCUT2D eigenvalue weighted by molar-refractivity contribution is -0.148. The Morgan fingerprint density at radius 1 is 1.29 bits per heavy atom. The molecule has 1 aliphatic heterocycles. The molecular formula is C14H19Cl2F3N2. The summed E-state index contributed by atoms with van der Waals surface area (Å²) >= 11 is 6.06. The van der Waals surface area contributed by atoms with Crippen LogP contribution >= 0.6 is 24.0 Å². The molecular weight excluding hydrogens is 324 g/mol. The number of piperazine rings is 1. The quantitative estimate of drug-likeness (QED) is 0.894. The van der Waals surface area contributed by atoms with E-state index >= 15 is 0 Å². The van der Waals surface area contributed by atoms with E-state index in [4.69, 9.17) is 11.6 Å². The Morgan fingerprint density at radius 2 is 1.90 bits per heavy atom. The standard InChI is InChI=1S/C14H18ClF3N2.ClH/c1-10-2-3-11(8-12(10)15)13(9-14(16,17)18)20-6-4-19-5-7-20;/h2-3,8,13,19H,4-7,9H2,1H3;1H/t13-;/m0./s1. The first kappa shape index (κ1) is 18.6. The van der Waals surface area contributed by atoms with Gasteiger partial charge in [0.15, 0.2) is 0 Å². The average molecular weight is 343 g/mol. The van der Waals surface area contributed by atoms with E-state index in [-0.39, 0.29) is 12.4 Å². The van der Waals surface area contributed by atoms with Crippen LogP contribution in [0.3, 0.4) is 0 Å². The molecule has 1 N–H and O–H groups in total. The maximum absolute atomic E-state index is 12.9. The maximum Gasteiger partial charge on any atom is 0.390 e. The van der Waals surface area contributed by atoms with Crippen molar-refractivity contribution in [3.63, 3.8) is 0 Å². The summed E-state index contributed by atoms with van der Waals surface area (Å²) in [4.78, 5) is 1.88. The second-order valence-corrected chi connectivity index (χ2v) is 5.54. The van der Waals surface area contributed by atoms with Crippen molar-refractivity contribution in [3.05, 3.63) is 34.3 Å². The van der Waals surface area contributed by atoms with E-state index in [9.17, 15) is 13.2 Å². The van der Waals surface area contributed by atoms with Crippen molar-refractivity contribution in [3.8, 4) is 0 Å².